The van der Waals surface area contributed by atoms with Gasteiger partial charge in [0, 0.05) is 19.5 Å². The Balaban J connectivity index is 1.72. The number of carbonyl (C=O) groups excluding carboxylic acids is 1. The molecule has 0 aliphatic carbocycles. The molecule has 1 N–H and O–H groups in total. The quantitative estimate of drug-likeness (QED) is 0.869. The molecule has 0 spiro atoms. The van der Waals surface area contributed by atoms with Crippen LogP contribution in [0.15, 0.2) is 30.3 Å². The van der Waals surface area contributed by atoms with E-state index >= 15 is 0 Å². The lowest BCUT2D eigenvalue weighted by Crippen LogP contribution is -2.46. The van der Waals surface area contributed by atoms with Crippen LogP contribution in [0.1, 0.15) is 31.7 Å². The van der Waals surface area contributed by atoms with E-state index in [1.807, 2.05) is 30.3 Å². The molecule has 1 heterocycles. The summed E-state index contributed by atoms with van der Waals surface area (Å²) in [4.78, 5) is 14.0. The number of nitrogens with one attached hydrogen (secondary N) is 1. The van der Waals surface area contributed by atoms with Crippen molar-refractivity contribution >= 4 is 23.2 Å². The van der Waals surface area contributed by atoms with Gasteiger partial charge in [0.15, 0.2) is 5.11 Å². The van der Waals surface area contributed by atoms with E-state index in [1.165, 1.54) is 5.56 Å². The Morgan fingerprint density at radius 1 is 1.30 bits per heavy atom. The molecule has 0 unspecified atom stereocenters. The SMILES string of the molecule is CC1CCN(C(=S)NC(=O)CCc2ccccc2)CC1. The monoisotopic (exact) mass is 290 g/mol. The van der Waals surface area contributed by atoms with Crippen LogP contribution in [-0.4, -0.2) is 29.0 Å². The van der Waals surface area contributed by atoms with Crippen molar-refractivity contribution in [2.45, 2.75) is 32.6 Å². The van der Waals surface area contributed by atoms with Crippen LogP contribution in [-0.2, 0) is 11.2 Å². The molecule has 0 radical (unpaired) electrons. The first kappa shape index (κ1) is 15.0. The summed E-state index contributed by atoms with van der Waals surface area (Å²) < 4.78 is 0. The highest BCUT2D eigenvalue weighted by Gasteiger charge is 2.18. The number of aryl methyl sites for hydroxylation is 1. The summed E-state index contributed by atoms with van der Waals surface area (Å²) in [5.41, 5.74) is 1.18. The second kappa shape index (κ2) is 7.39. The second-order valence-corrected chi connectivity index (χ2v) is 5.90. The summed E-state index contributed by atoms with van der Waals surface area (Å²) in [6.07, 6.45) is 3.54. The van der Waals surface area contributed by atoms with Gasteiger partial charge in [-0.25, -0.2) is 0 Å². The normalized spacial score (nSPS) is 15.9. The third-order valence-corrected chi connectivity index (χ3v) is 4.16. The summed E-state index contributed by atoms with van der Waals surface area (Å²) in [6.45, 7) is 4.18. The van der Waals surface area contributed by atoms with E-state index in [-0.39, 0.29) is 5.91 Å². The number of likely N-dealkylation sites (tertiary alicyclic amines) is 1. The average Bonchev–Trinajstić information content (AvgIpc) is 2.47. The van der Waals surface area contributed by atoms with Crippen LogP contribution in [0.2, 0.25) is 0 Å². The van der Waals surface area contributed by atoms with Gasteiger partial charge in [-0.3, -0.25) is 4.79 Å². The van der Waals surface area contributed by atoms with Crippen LogP contribution < -0.4 is 5.32 Å². The van der Waals surface area contributed by atoms with Crippen LogP contribution >= 0.6 is 12.2 Å². The summed E-state index contributed by atoms with van der Waals surface area (Å²) in [5.74, 6) is 0.778. The first-order chi connectivity index (χ1) is 9.65. The number of hydrogen-bond donors (Lipinski definition) is 1. The molecule has 0 atom stereocenters. The van der Waals surface area contributed by atoms with Gasteiger partial charge in [0.2, 0.25) is 5.91 Å². The summed E-state index contributed by atoms with van der Waals surface area (Å²) in [7, 11) is 0. The van der Waals surface area contributed by atoms with E-state index in [9.17, 15) is 4.79 Å². The maximum absolute atomic E-state index is 11.9. The molecule has 1 aliphatic heterocycles. The molecule has 20 heavy (non-hydrogen) atoms. The van der Waals surface area contributed by atoms with Gasteiger partial charge in [-0.2, -0.15) is 0 Å². The van der Waals surface area contributed by atoms with E-state index in [0.717, 1.165) is 38.3 Å². The standard InChI is InChI=1S/C16H22N2OS/c1-13-9-11-18(12-10-13)16(20)17-15(19)8-7-14-5-3-2-4-6-14/h2-6,13H,7-12H2,1H3,(H,17,19,20). The molecule has 4 heteroatoms. The molecule has 1 saturated heterocycles. The number of hydrogen-bond acceptors (Lipinski definition) is 2. The molecule has 0 bridgehead atoms. The highest BCUT2D eigenvalue weighted by atomic mass is 32.1. The Hall–Kier alpha value is -1.42. The van der Waals surface area contributed by atoms with Gasteiger partial charge >= 0.3 is 0 Å². The Morgan fingerprint density at radius 3 is 2.60 bits per heavy atom. The molecule has 1 aromatic carbocycles. The number of amides is 1. The maximum Gasteiger partial charge on any atom is 0.226 e. The first-order valence-electron chi connectivity index (χ1n) is 7.28. The summed E-state index contributed by atoms with van der Waals surface area (Å²) in [5, 5.41) is 3.45. The highest BCUT2D eigenvalue weighted by Crippen LogP contribution is 2.15. The molecule has 1 fully saturated rings. The molecule has 3 nitrogen and oxygen atoms in total. The molecule has 1 amide bonds. The predicted molar refractivity (Wildman–Crippen MR) is 85.5 cm³/mol. The van der Waals surface area contributed by atoms with E-state index in [0.29, 0.717) is 11.5 Å². The summed E-state index contributed by atoms with van der Waals surface area (Å²) in [6, 6.07) is 10.0. The molecule has 0 aromatic heterocycles. The smallest absolute Gasteiger partial charge is 0.226 e. The topological polar surface area (TPSA) is 32.3 Å². The molecular weight excluding hydrogens is 268 g/mol. The van der Waals surface area contributed by atoms with Crippen LogP contribution in [0.4, 0.5) is 0 Å². The zero-order valence-electron chi connectivity index (χ0n) is 12.0. The summed E-state index contributed by atoms with van der Waals surface area (Å²) >= 11 is 5.31. The van der Waals surface area contributed by atoms with Crippen LogP contribution in [0, 0.1) is 5.92 Å². The number of thiocarbonyl (C=S) groups is 1. The van der Waals surface area contributed by atoms with Crippen molar-refractivity contribution in [3.05, 3.63) is 35.9 Å². The molecule has 1 aromatic rings. The molecule has 2 rings (SSSR count). The van der Waals surface area contributed by atoms with E-state index in [4.69, 9.17) is 12.2 Å². The highest BCUT2D eigenvalue weighted by molar-refractivity contribution is 7.80. The first-order valence-corrected chi connectivity index (χ1v) is 7.68. The number of benzene rings is 1. The van der Waals surface area contributed by atoms with Gasteiger partial charge in [0.25, 0.3) is 0 Å². The minimum Gasteiger partial charge on any atom is -0.349 e. The molecular formula is C16H22N2OS. The van der Waals surface area contributed by atoms with Crippen molar-refractivity contribution in [3.8, 4) is 0 Å². The van der Waals surface area contributed by atoms with E-state index in [2.05, 4.69) is 17.1 Å². The van der Waals surface area contributed by atoms with Crippen LogP contribution in [0.25, 0.3) is 0 Å². The maximum atomic E-state index is 11.9. The van der Waals surface area contributed by atoms with Crippen molar-refractivity contribution in [2.24, 2.45) is 5.92 Å². The fraction of sp³-hybridized carbons (Fsp3) is 0.500. The Morgan fingerprint density at radius 2 is 1.95 bits per heavy atom. The third kappa shape index (κ3) is 4.60. The van der Waals surface area contributed by atoms with Crippen LogP contribution in [0.3, 0.4) is 0 Å². The van der Waals surface area contributed by atoms with Crippen LogP contribution in [0.5, 0.6) is 0 Å². The number of rotatable bonds is 3. The molecule has 108 valence electrons. The fourth-order valence-electron chi connectivity index (χ4n) is 2.38. The van der Waals surface area contributed by atoms with Crippen molar-refractivity contribution in [2.75, 3.05) is 13.1 Å². The van der Waals surface area contributed by atoms with E-state index < -0.39 is 0 Å². The average molecular weight is 290 g/mol. The van der Waals surface area contributed by atoms with Gasteiger partial charge in [-0.1, -0.05) is 37.3 Å². The lowest BCUT2D eigenvalue weighted by molar-refractivity contribution is -0.119. The van der Waals surface area contributed by atoms with Crippen molar-refractivity contribution in [1.82, 2.24) is 10.2 Å². The van der Waals surface area contributed by atoms with Gasteiger partial charge in [-0.15, -0.1) is 0 Å². The third-order valence-electron chi connectivity index (χ3n) is 3.80. The Labute approximate surface area is 126 Å². The Bertz CT molecular complexity index is 453. The molecule has 1 aliphatic rings. The second-order valence-electron chi connectivity index (χ2n) is 5.51. The Kier molecular flexibility index (Phi) is 5.53. The van der Waals surface area contributed by atoms with Crippen molar-refractivity contribution in [1.29, 1.82) is 0 Å². The zero-order chi connectivity index (χ0) is 14.4. The van der Waals surface area contributed by atoms with E-state index in [1.54, 1.807) is 0 Å². The van der Waals surface area contributed by atoms with Crippen molar-refractivity contribution in [3.63, 3.8) is 0 Å². The van der Waals surface area contributed by atoms with Gasteiger partial charge < -0.3 is 10.2 Å². The number of piperidine rings is 1. The largest absolute Gasteiger partial charge is 0.349 e. The van der Waals surface area contributed by atoms with Gasteiger partial charge in [0.05, 0.1) is 0 Å². The van der Waals surface area contributed by atoms with Crippen molar-refractivity contribution < 1.29 is 4.79 Å². The fourth-order valence-corrected chi connectivity index (χ4v) is 2.67. The lowest BCUT2D eigenvalue weighted by atomic mass is 10.00. The van der Waals surface area contributed by atoms with Gasteiger partial charge in [0.1, 0.15) is 0 Å². The minimum atomic E-state index is 0.0116. The number of nitrogens with zero attached hydrogens (tertiary/aromatic N) is 1. The van der Waals surface area contributed by atoms with Gasteiger partial charge in [-0.05, 0) is 43.0 Å². The number of carbonyl (C=O) groups is 1. The molecule has 0 saturated carbocycles. The predicted octanol–water partition coefficient (Wildman–Crippen LogP) is 2.75. The minimum absolute atomic E-state index is 0.0116. The zero-order valence-corrected chi connectivity index (χ0v) is 12.8. The lowest BCUT2D eigenvalue weighted by Gasteiger charge is -2.32.